The van der Waals surface area contributed by atoms with Crippen molar-refractivity contribution in [2.24, 2.45) is 0 Å². The van der Waals surface area contributed by atoms with Crippen LogP contribution < -0.4 is 0 Å². The van der Waals surface area contributed by atoms with Crippen molar-refractivity contribution in [3.05, 3.63) is 45.6 Å². The van der Waals surface area contributed by atoms with Gasteiger partial charge in [-0.2, -0.15) is 0 Å². The minimum atomic E-state index is -0.984. The Labute approximate surface area is 119 Å². The Kier molecular flexibility index (Phi) is 3.02. The highest BCUT2D eigenvalue weighted by atomic mass is 32.1. The molecule has 1 atom stereocenters. The van der Waals surface area contributed by atoms with E-state index in [0.29, 0.717) is 5.52 Å². The van der Waals surface area contributed by atoms with E-state index >= 15 is 0 Å². The van der Waals surface area contributed by atoms with Gasteiger partial charge in [0.15, 0.2) is 0 Å². The highest BCUT2D eigenvalue weighted by Crippen LogP contribution is 2.28. The Bertz CT molecular complexity index is 791. The fourth-order valence-electron chi connectivity index (χ4n) is 2.22. The first-order valence-electron chi connectivity index (χ1n) is 6.21. The predicted molar refractivity (Wildman–Crippen MR) is 77.4 cm³/mol. The number of aromatic nitrogens is 3. The van der Waals surface area contributed by atoms with Crippen molar-refractivity contribution in [3.8, 4) is 0 Å². The maximum atomic E-state index is 11.2. The number of rotatable bonds is 3. The number of thiophene rings is 1. The molecule has 0 aliphatic heterocycles. The van der Waals surface area contributed by atoms with Crippen LogP contribution in [0.2, 0.25) is 0 Å². The van der Waals surface area contributed by atoms with Gasteiger partial charge in [-0.3, -0.25) is 0 Å². The average Bonchev–Trinajstić information content (AvgIpc) is 3.03. The Morgan fingerprint density at radius 2 is 2.15 bits per heavy atom. The third-order valence-corrected chi connectivity index (χ3v) is 4.44. The standard InChI is InChI=1S/C14H13N3O2S/c1-8-6-7-12(20-8)9(2)17-11-5-3-4-10(14(18)19)13(11)15-16-17/h3-7,9H,1-2H3,(H,18,19). The molecule has 0 spiro atoms. The van der Waals surface area contributed by atoms with Crippen LogP contribution in [-0.4, -0.2) is 26.1 Å². The lowest BCUT2D eigenvalue weighted by Gasteiger charge is -2.10. The van der Waals surface area contributed by atoms with Crippen LogP contribution in [0.4, 0.5) is 0 Å². The summed E-state index contributed by atoms with van der Waals surface area (Å²) in [4.78, 5) is 13.6. The molecule has 0 saturated heterocycles. The van der Waals surface area contributed by atoms with Crippen LogP contribution in [-0.2, 0) is 0 Å². The van der Waals surface area contributed by atoms with Crippen molar-refractivity contribution < 1.29 is 9.90 Å². The van der Waals surface area contributed by atoms with E-state index in [4.69, 9.17) is 0 Å². The first-order chi connectivity index (χ1) is 9.58. The van der Waals surface area contributed by atoms with Gasteiger partial charge < -0.3 is 5.11 Å². The van der Waals surface area contributed by atoms with E-state index in [1.54, 1.807) is 28.2 Å². The number of aromatic carboxylic acids is 1. The molecule has 20 heavy (non-hydrogen) atoms. The maximum absolute atomic E-state index is 11.2. The van der Waals surface area contributed by atoms with Crippen molar-refractivity contribution >= 4 is 28.3 Å². The van der Waals surface area contributed by atoms with E-state index in [0.717, 1.165) is 5.52 Å². The monoisotopic (exact) mass is 287 g/mol. The fraction of sp³-hybridized carbons (Fsp3) is 0.214. The summed E-state index contributed by atoms with van der Waals surface area (Å²) >= 11 is 1.71. The van der Waals surface area contributed by atoms with Crippen LogP contribution in [0.3, 0.4) is 0 Å². The molecule has 0 amide bonds. The molecule has 0 aliphatic carbocycles. The van der Waals surface area contributed by atoms with Gasteiger partial charge in [0.2, 0.25) is 0 Å². The Morgan fingerprint density at radius 1 is 1.35 bits per heavy atom. The first-order valence-corrected chi connectivity index (χ1v) is 7.03. The number of benzene rings is 1. The molecule has 0 fully saturated rings. The molecule has 0 aliphatic rings. The Balaban J connectivity index is 2.13. The summed E-state index contributed by atoms with van der Waals surface area (Å²) in [5.41, 5.74) is 1.35. The number of hydrogen-bond donors (Lipinski definition) is 1. The molecule has 1 unspecified atom stereocenters. The second-order valence-electron chi connectivity index (χ2n) is 4.64. The number of hydrogen-bond acceptors (Lipinski definition) is 4. The van der Waals surface area contributed by atoms with E-state index in [2.05, 4.69) is 29.4 Å². The van der Waals surface area contributed by atoms with Gasteiger partial charge in [-0.1, -0.05) is 11.3 Å². The molecular formula is C14H13N3O2S. The van der Waals surface area contributed by atoms with E-state index in [-0.39, 0.29) is 11.6 Å². The molecule has 1 N–H and O–H groups in total. The number of nitrogens with zero attached hydrogens (tertiary/aromatic N) is 3. The third-order valence-electron chi connectivity index (χ3n) is 3.27. The molecule has 3 rings (SSSR count). The number of carboxylic acids is 1. The quantitative estimate of drug-likeness (QED) is 0.803. The molecular weight excluding hydrogens is 274 g/mol. The zero-order valence-corrected chi connectivity index (χ0v) is 11.9. The van der Waals surface area contributed by atoms with Crippen LogP contribution in [0.15, 0.2) is 30.3 Å². The van der Waals surface area contributed by atoms with Crippen LogP contribution in [0, 0.1) is 6.92 Å². The molecule has 6 heteroatoms. The summed E-state index contributed by atoms with van der Waals surface area (Å²) in [6, 6.07) is 9.28. The third kappa shape index (κ3) is 1.98. The van der Waals surface area contributed by atoms with Gasteiger partial charge in [0.1, 0.15) is 5.52 Å². The summed E-state index contributed by atoms with van der Waals surface area (Å²) in [7, 11) is 0. The van der Waals surface area contributed by atoms with Crippen molar-refractivity contribution in [1.29, 1.82) is 0 Å². The highest BCUT2D eigenvalue weighted by molar-refractivity contribution is 7.12. The lowest BCUT2D eigenvalue weighted by atomic mass is 10.2. The summed E-state index contributed by atoms with van der Waals surface area (Å²) in [5, 5.41) is 17.3. The smallest absolute Gasteiger partial charge is 0.338 e. The van der Waals surface area contributed by atoms with Gasteiger partial charge >= 0.3 is 5.97 Å². The second-order valence-corrected chi connectivity index (χ2v) is 5.96. The van der Waals surface area contributed by atoms with Gasteiger partial charge in [0.25, 0.3) is 0 Å². The van der Waals surface area contributed by atoms with E-state index in [9.17, 15) is 9.90 Å². The van der Waals surface area contributed by atoms with Crippen LogP contribution in [0.5, 0.6) is 0 Å². The molecule has 0 saturated carbocycles. The van der Waals surface area contributed by atoms with Crippen molar-refractivity contribution in [1.82, 2.24) is 15.0 Å². The van der Waals surface area contributed by atoms with E-state index in [1.807, 2.05) is 13.0 Å². The van der Waals surface area contributed by atoms with Gasteiger partial charge in [-0.15, -0.1) is 16.4 Å². The van der Waals surface area contributed by atoms with Crippen molar-refractivity contribution in [2.45, 2.75) is 19.9 Å². The van der Waals surface area contributed by atoms with Gasteiger partial charge in [-0.25, -0.2) is 9.48 Å². The second kappa shape index (κ2) is 4.72. The SMILES string of the molecule is Cc1ccc(C(C)n2nnc3c(C(=O)O)cccc32)s1. The average molecular weight is 287 g/mol. The Hall–Kier alpha value is -2.21. The van der Waals surface area contributed by atoms with Gasteiger partial charge in [0, 0.05) is 9.75 Å². The topological polar surface area (TPSA) is 68.0 Å². The van der Waals surface area contributed by atoms with Crippen LogP contribution >= 0.6 is 11.3 Å². The summed E-state index contributed by atoms with van der Waals surface area (Å²) in [6.45, 7) is 4.09. The lowest BCUT2D eigenvalue weighted by Crippen LogP contribution is -2.07. The van der Waals surface area contributed by atoms with E-state index in [1.165, 1.54) is 9.75 Å². The molecule has 2 heterocycles. The van der Waals surface area contributed by atoms with Crippen molar-refractivity contribution in [2.75, 3.05) is 0 Å². The number of aryl methyl sites for hydroxylation is 1. The molecule has 3 aromatic rings. The fourth-order valence-corrected chi connectivity index (χ4v) is 3.13. The first kappa shape index (κ1) is 12.8. The minimum absolute atomic E-state index is 0.0303. The molecule has 2 aromatic heterocycles. The minimum Gasteiger partial charge on any atom is -0.478 e. The summed E-state index contributed by atoms with van der Waals surface area (Å²) in [5.74, 6) is -0.984. The van der Waals surface area contributed by atoms with Gasteiger partial charge in [-0.05, 0) is 38.1 Å². The molecule has 1 aromatic carbocycles. The molecule has 5 nitrogen and oxygen atoms in total. The molecule has 0 radical (unpaired) electrons. The summed E-state index contributed by atoms with van der Waals surface area (Å²) in [6.07, 6.45) is 0. The highest BCUT2D eigenvalue weighted by Gasteiger charge is 2.18. The van der Waals surface area contributed by atoms with Gasteiger partial charge in [0.05, 0.1) is 17.1 Å². The Morgan fingerprint density at radius 3 is 2.80 bits per heavy atom. The molecule has 102 valence electrons. The maximum Gasteiger partial charge on any atom is 0.338 e. The number of carboxylic acid groups (broad SMARTS) is 1. The van der Waals surface area contributed by atoms with Crippen LogP contribution in [0.25, 0.3) is 11.0 Å². The zero-order valence-electron chi connectivity index (χ0n) is 11.1. The summed E-state index contributed by atoms with van der Waals surface area (Å²) < 4.78 is 1.77. The largest absolute Gasteiger partial charge is 0.478 e. The van der Waals surface area contributed by atoms with E-state index < -0.39 is 5.97 Å². The normalized spacial score (nSPS) is 12.7. The van der Waals surface area contributed by atoms with Crippen molar-refractivity contribution in [3.63, 3.8) is 0 Å². The molecule has 0 bridgehead atoms. The lowest BCUT2D eigenvalue weighted by molar-refractivity contribution is 0.0699. The predicted octanol–water partition coefficient (Wildman–Crippen LogP) is 3.11. The number of fused-ring (bicyclic) bond motifs is 1. The zero-order chi connectivity index (χ0) is 14.3. The van der Waals surface area contributed by atoms with Crippen LogP contribution in [0.1, 0.15) is 33.1 Å². The number of carbonyl (C=O) groups is 1.